The Morgan fingerprint density at radius 1 is 1.17 bits per heavy atom. The largest absolute Gasteiger partial charge is 0.497 e. The summed E-state index contributed by atoms with van der Waals surface area (Å²) in [5, 5.41) is 13.9. The molecular formula is C21H19ClN4O2S. The zero-order chi connectivity index (χ0) is 20.4. The molecule has 2 aromatic carbocycles. The molecule has 0 spiro atoms. The van der Waals surface area contributed by atoms with Gasteiger partial charge < -0.3 is 10.1 Å². The number of thioether (sulfide) groups is 1. The van der Waals surface area contributed by atoms with Gasteiger partial charge in [-0.3, -0.25) is 9.20 Å². The van der Waals surface area contributed by atoms with Crippen molar-refractivity contribution in [1.82, 2.24) is 19.9 Å². The van der Waals surface area contributed by atoms with Crippen molar-refractivity contribution in [3.63, 3.8) is 0 Å². The molecule has 0 aliphatic rings. The molecule has 0 aliphatic carbocycles. The average Bonchev–Trinajstić information content (AvgIpc) is 3.14. The Morgan fingerprint density at radius 3 is 2.72 bits per heavy atom. The van der Waals surface area contributed by atoms with Gasteiger partial charge in [-0.1, -0.05) is 35.5 Å². The molecule has 0 bridgehead atoms. The maximum atomic E-state index is 12.3. The highest BCUT2D eigenvalue weighted by Gasteiger charge is 2.14. The molecule has 0 saturated heterocycles. The molecule has 148 valence electrons. The fraction of sp³-hybridized carbons (Fsp3) is 0.190. The van der Waals surface area contributed by atoms with Gasteiger partial charge in [0.1, 0.15) is 5.75 Å². The van der Waals surface area contributed by atoms with Gasteiger partial charge in [0.25, 0.3) is 0 Å². The van der Waals surface area contributed by atoms with Crippen LogP contribution in [0.3, 0.4) is 0 Å². The van der Waals surface area contributed by atoms with Crippen LogP contribution in [-0.4, -0.2) is 33.4 Å². The Labute approximate surface area is 177 Å². The van der Waals surface area contributed by atoms with Gasteiger partial charge in [-0.25, -0.2) is 0 Å². The van der Waals surface area contributed by atoms with Crippen LogP contribution in [0.4, 0.5) is 0 Å². The molecule has 6 nitrogen and oxygen atoms in total. The average molecular weight is 427 g/mol. The second-order valence-corrected chi connectivity index (χ2v) is 7.96. The number of halogens is 1. The van der Waals surface area contributed by atoms with E-state index in [4.69, 9.17) is 16.3 Å². The lowest BCUT2D eigenvalue weighted by molar-refractivity contribution is -0.118. The SMILES string of the molecule is COc1ccc2c(C)cc3nnc(SCC(=O)NCc4ccc(Cl)cc4)n3c2c1. The lowest BCUT2D eigenvalue weighted by Crippen LogP contribution is -2.24. The Kier molecular flexibility index (Phi) is 5.60. The zero-order valence-electron chi connectivity index (χ0n) is 16.0. The number of amides is 1. The summed E-state index contributed by atoms with van der Waals surface area (Å²) in [6.07, 6.45) is 0. The molecule has 1 amide bonds. The molecule has 0 saturated carbocycles. The van der Waals surface area contributed by atoms with Crippen molar-refractivity contribution < 1.29 is 9.53 Å². The van der Waals surface area contributed by atoms with Crippen LogP contribution >= 0.6 is 23.4 Å². The molecule has 4 rings (SSSR count). The second kappa shape index (κ2) is 8.31. The van der Waals surface area contributed by atoms with E-state index in [1.165, 1.54) is 11.8 Å². The molecule has 0 fully saturated rings. The van der Waals surface area contributed by atoms with E-state index < -0.39 is 0 Å². The molecule has 1 N–H and O–H groups in total. The fourth-order valence-corrected chi connectivity index (χ4v) is 4.01. The zero-order valence-corrected chi connectivity index (χ0v) is 17.5. The molecular weight excluding hydrogens is 408 g/mol. The Hall–Kier alpha value is -2.77. The van der Waals surface area contributed by atoms with Gasteiger partial charge in [0.05, 0.1) is 18.4 Å². The number of nitrogens with zero attached hydrogens (tertiary/aromatic N) is 3. The topological polar surface area (TPSA) is 68.5 Å². The molecule has 8 heteroatoms. The van der Waals surface area contributed by atoms with Gasteiger partial charge in [0.15, 0.2) is 10.8 Å². The van der Waals surface area contributed by atoms with Crippen LogP contribution in [0.15, 0.2) is 53.7 Å². The first kappa shape index (κ1) is 19.5. The summed E-state index contributed by atoms with van der Waals surface area (Å²) in [4.78, 5) is 12.3. The molecule has 0 aliphatic heterocycles. The highest BCUT2D eigenvalue weighted by molar-refractivity contribution is 7.99. The predicted octanol–water partition coefficient (Wildman–Crippen LogP) is 4.26. The highest BCUT2D eigenvalue weighted by atomic mass is 35.5. The summed E-state index contributed by atoms with van der Waals surface area (Å²) in [5.41, 5.74) is 3.80. The minimum absolute atomic E-state index is 0.0734. The Morgan fingerprint density at radius 2 is 1.97 bits per heavy atom. The number of aromatic nitrogens is 3. The van der Waals surface area contributed by atoms with Crippen molar-refractivity contribution in [3.8, 4) is 5.75 Å². The van der Waals surface area contributed by atoms with E-state index in [2.05, 4.69) is 15.5 Å². The Balaban J connectivity index is 1.52. The first-order chi connectivity index (χ1) is 14.0. The molecule has 0 atom stereocenters. The summed E-state index contributed by atoms with van der Waals surface area (Å²) in [6.45, 7) is 2.50. The number of pyridine rings is 1. The van der Waals surface area contributed by atoms with E-state index in [9.17, 15) is 4.79 Å². The maximum Gasteiger partial charge on any atom is 0.230 e. The van der Waals surface area contributed by atoms with Gasteiger partial charge in [-0.05, 0) is 48.4 Å². The van der Waals surface area contributed by atoms with Crippen LogP contribution < -0.4 is 10.1 Å². The number of carbonyl (C=O) groups is 1. The van der Waals surface area contributed by atoms with Crippen LogP contribution in [0.5, 0.6) is 5.75 Å². The van der Waals surface area contributed by atoms with E-state index in [1.54, 1.807) is 7.11 Å². The lowest BCUT2D eigenvalue weighted by Gasteiger charge is -2.09. The summed E-state index contributed by atoms with van der Waals surface area (Å²) in [7, 11) is 1.64. The van der Waals surface area contributed by atoms with Crippen molar-refractivity contribution in [2.24, 2.45) is 0 Å². The van der Waals surface area contributed by atoms with Crippen molar-refractivity contribution >= 4 is 45.8 Å². The van der Waals surface area contributed by atoms with Crippen LogP contribution in [-0.2, 0) is 11.3 Å². The van der Waals surface area contributed by atoms with Crippen molar-refractivity contribution in [2.45, 2.75) is 18.6 Å². The maximum absolute atomic E-state index is 12.3. The molecule has 4 aromatic rings. The minimum atomic E-state index is -0.0734. The number of fused-ring (bicyclic) bond motifs is 3. The van der Waals surface area contributed by atoms with Gasteiger partial charge in [0.2, 0.25) is 5.91 Å². The van der Waals surface area contributed by atoms with Gasteiger partial charge in [-0.15, -0.1) is 10.2 Å². The summed E-state index contributed by atoms with van der Waals surface area (Å²) < 4.78 is 7.33. The summed E-state index contributed by atoms with van der Waals surface area (Å²) in [6, 6.07) is 15.3. The second-order valence-electron chi connectivity index (χ2n) is 6.58. The van der Waals surface area contributed by atoms with E-state index in [-0.39, 0.29) is 11.7 Å². The number of methoxy groups -OCH3 is 1. The van der Waals surface area contributed by atoms with Gasteiger partial charge in [0, 0.05) is 23.0 Å². The molecule has 0 unspecified atom stereocenters. The summed E-state index contributed by atoms with van der Waals surface area (Å²) >= 11 is 7.24. The number of hydrogen-bond acceptors (Lipinski definition) is 5. The number of nitrogens with one attached hydrogen (secondary N) is 1. The van der Waals surface area contributed by atoms with Gasteiger partial charge in [-0.2, -0.15) is 0 Å². The monoisotopic (exact) mass is 426 g/mol. The molecule has 2 heterocycles. The molecule has 29 heavy (non-hydrogen) atoms. The quantitative estimate of drug-likeness (QED) is 0.466. The van der Waals surface area contributed by atoms with Crippen LogP contribution in [0.25, 0.3) is 16.6 Å². The third-order valence-electron chi connectivity index (χ3n) is 4.61. The first-order valence-electron chi connectivity index (χ1n) is 9.01. The number of carbonyl (C=O) groups excluding carboxylic acids is 1. The van der Waals surface area contributed by atoms with E-state index in [0.29, 0.717) is 16.7 Å². The van der Waals surface area contributed by atoms with Crippen LogP contribution in [0, 0.1) is 6.92 Å². The molecule has 2 aromatic heterocycles. The smallest absolute Gasteiger partial charge is 0.230 e. The number of aryl methyl sites for hydroxylation is 1. The standard InChI is InChI=1S/C21H19ClN4O2S/c1-13-9-19-24-25-21(26(19)18-10-16(28-2)7-8-17(13)18)29-12-20(27)23-11-14-3-5-15(22)6-4-14/h3-10H,11-12H2,1-2H3,(H,23,27). The van der Waals surface area contributed by atoms with Crippen molar-refractivity contribution in [2.75, 3.05) is 12.9 Å². The minimum Gasteiger partial charge on any atom is -0.497 e. The third-order valence-corrected chi connectivity index (χ3v) is 5.79. The van der Waals surface area contributed by atoms with E-state index in [0.717, 1.165) is 33.4 Å². The normalized spacial score (nSPS) is 11.1. The predicted molar refractivity (Wildman–Crippen MR) is 116 cm³/mol. The highest BCUT2D eigenvalue weighted by Crippen LogP contribution is 2.28. The number of hydrogen-bond donors (Lipinski definition) is 1. The fourth-order valence-electron chi connectivity index (χ4n) is 3.11. The number of ether oxygens (including phenoxy) is 1. The first-order valence-corrected chi connectivity index (χ1v) is 10.4. The number of rotatable bonds is 6. The third kappa shape index (κ3) is 4.16. The van der Waals surface area contributed by atoms with E-state index >= 15 is 0 Å². The van der Waals surface area contributed by atoms with Crippen molar-refractivity contribution in [1.29, 1.82) is 0 Å². The number of benzene rings is 2. The van der Waals surface area contributed by atoms with Gasteiger partial charge >= 0.3 is 0 Å². The molecule has 0 radical (unpaired) electrons. The van der Waals surface area contributed by atoms with E-state index in [1.807, 2.05) is 59.9 Å². The van der Waals surface area contributed by atoms with Crippen LogP contribution in [0.1, 0.15) is 11.1 Å². The van der Waals surface area contributed by atoms with Crippen LogP contribution in [0.2, 0.25) is 5.02 Å². The Bertz CT molecular complexity index is 1190. The summed E-state index contributed by atoms with van der Waals surface area (Å²) in [5.74, 6) is 0.929. The lowest BCUT2D eigenvalue weighted by atomic mass is 10.1. The van der Waals surface area contributed by atoms with Crippen molar-refractivity contribution in [3.05, 3.63) is 64.7 Å².